The van der Waals surface area contributed by atoms with Crippen molar-refractivity contribution in [2.24, 2.45) is 0 Å². The summed E-state index contributed by atoms with van der Waals surface area (Å²) in [6.45, 7) is 1.25. The van der Waals surface area contributed by atoms with Gasteiger partial charge in [-0.1, -0.05) is 6.07 Å². The van der Waals surface area contributed by atoms with E-state index in [1.165, 1.54) is 19.2 Å². The lowest BCUT2D eigenvalue weighted by Crippen LogP contribution is -2.19. The lowest BCUT2D eigenvalue weighted by atomic mass is 10.1. The summed E-state index contributed by atoms with van der Waals surface area (Å²) in [5, 5.41) is 7.66. The van der Waals surface area contributed by atoms with Gasteiger partial charge in [-0.15, -0.1) is 0 Å². The number of aromatic nitrogens is 3. The number of nitrogens with one attached hydrogen (secondary N) is 1. The highest BCUT2D eigenvalue weighted by Gasteiger charge is 2.33. The van der Waals surface area contributed by atoms with Crippen LogP contribution in [0.25, 0.3) is 10.9 Å². The van der Waals surface area contributed by atoms with Crippen LogP contribution in [-0.4, -0.2) is 47.0 Å². The highest BCUT2D eigenvalue weighted by atomic mass is 19.4. The molecule has 8 nitrogen and oxygen atoms in total. The Kier molecular flexibility index (Phi) is 5.83. The Bertz CT molecular complexity index is 1170. The Morgan fingerprint density at radius 1 is 1.22 bits per heavy atom. The van der Waals surface area contributed by atoms with Gasteiger partial charge in [0.05, 0.1) is 29.9 Å². The summed E-state index contributed by atoms with van der Waals surface area (Å²) in [5.41, 5.74) is -0.995. The van der Waals surface area contributed by atoms with Crippen LogP contribution in [0, 0.1) is 0 Å². The molecule has 32 heavy (non-hydrogen) atoms. The minimum absolute atomic E-state index is 0.0255. The van der Waals surface area contributed by atoms with Crippen molar-refractivity contribution in [2.75, 3.05) is 25.6 Å². The van der Waals surface area contributed by atoms with Crippen LogP contribution in [0.15, 0.2) is 36.5 Å². The third-order valence-electron chi connectivity index (χ3n) is 5.15. The van der Waals surface area contributed by atoms with Crippen LogP contribution in [0.1, 0.15) is 45.4 Å². The standard InChI is InChI=1S/C21H19F3N4O4/c1-31-20(30)14-10-16-12(11-28(27-16)13-5-7-32-8-6-13)9-17(14)26-19(29)15-3-2-4-18(25-15)21(22,23)24/h2-4,9-11,13H,5-8H2,1H3,(H,26,29). The first-order chi connectivity index (χ1) is 15.3. The minimum atomic E-state index is -4.69. The first-order valence-electron chi connectivity index (χ1n) is 9.81. The van der Waals surface area contributed by atoms with Crippen molar-refractivity contribution in [2.45, 2.75) is 25.1 Å². The summed E-state index contributed by atoms with van der Waals surface area (Å²) in [4.78, 5) is 28.3. The van der Waals surface area contributed by atoms with Gasteiger partial charge in [-0.2, -0.15) is 18.3 Å². The molecule has 0 spiro atoms. The van der Waals surface area contributed by atoms with Gasteiger partial charge in [0.25, 0.3) is 5.91 Å². The molecule has 0 unspecified atom stereocenters. The number of ether oxygens (including phenoxy) is 2. The first-order valence-corrected chi connectivity index (χ1v) is 9.81. The second kappa shape index (κ2) is 8.58. The van der Waals surface area contributed by atoms with Gasteiger partial charge >= 0.3 is 12.1 Å². The zero-order valence-corrected chi connectivity index (χ0v) is 17.0. The summed E-state index contributed by atoms with van der Waals surface area (Å²) < 4.78 is 50.8. The predicted molar refractivity (Wildman–Crippen MR) is 107 cm³/mol. The summed E-state index contributed by atoms with van der Waals surface area (Å²) in [6.07, 6.45) is -1.30. The van der Waals surface area contributed by atoms with E-state index in [1.54, 1.807) is 10.9 Å². The smallest absolute Gasteiger partial charge is 0.433 e. The maximum atomic E-state index is 12.9. The minimum Gasteiger partial charge on any atom is -0.465 e. The molecule has 1 N–H and O–H groups in total. The lowest BCUT2D eigenvalue weighted by Gasteiger charge is -2.22. The lowest BCUT2D eigenvalue weighted by molar-refractivity contribution is -0.141. The molecule has 0 bridgehead atoms. The van der Waals surface area contributed by atoms with Gasteiger partial charge in [0.1, 0.15) is 11.4 Å². The van der Waals surface area contributed by atoms with E-state index in [-0.39, 0.29) is 17.3 Å². The van der Waals surface area contributed by atoms with Gasteiger partial charge in [-0.05, 0) is 37.1 Å². The molecule has 0 atom stereocenters. The van der Waals surface area contributed by atoms with Crippen molar-refractivity contribution >= 4 is 28.5 Å². The summed E-state index contributed by atoms with van der Waals surface area (Å²) in [6, 6.07) is 6.18. The number of anilines is 1. The molecule has 4 rings (SSSR count). The number of hydrogen-bond donors (Lipinski definition) is 1. The van der Waals surface area contributed by atoms with Crippen LogP contribution in [0.4, 0.5) is 18.9 Å². The van der Waals surface area contributed by atoms with Crippen LogP contribution in [0.2, 0.25) is 0 Å². The van der Waals surface area contributed by atoms with Crippen molar-refractivity contribution in [1.29, 1.82) is 0 Å². The number of fused-ring (bicyclic) bond motifs is 1. The highest BCUT2D eigenvalue weighted by molar-refractivity contribution is 6.09. The van der Waals surface area contributed by atoms with Crippen LogP contribution in [0.5, 0.6) is 0 Å². The number of carbonyl (C=O) groups excluding carboxylic acids is 2. The normalized spacial score (nSPS) is 15.0. The summed E-state index contributed by atoms with van der Waals surface area (Å²) >= 11 is 0. The Morgan fingerprint density at radius 3 is 2.66 bits per heavy atom. The number of methoxy groups -OCH3 is 1. The van der Waals surface area contributed by atoms with Crippen molar-refractivity contribution in [1.82, 2.24) is 14.8 Å². The molecule has 1 amide bonds. The van der Waals surface area contributed by atoms with Gasteiger partial charge in [0.15, 0.2) is 0 Å². The molecule has 1 aliphatic rings. The summed E-state index contributed by atoms with van der Waals surface area (Å²) in [7, 11) is 1.19. The molecule has 2 aromatic heterocycles. The number of carbonyl (C=O) groups is 2. The SMILES string of the molecule is COC(=O)c1cc2nn(C3CCOCC3)cc2cc1NC(=O)c1cccc(C(F)(F)F)n1. The molecule has 3 heterocycles. The number of benzene rings is 1. The molecule has 11 heteroatoms. The molecule has 0 saturated carbocycles. The quantitative estimate of drug-likeness (QED) is 0.610. The number of nitrogens with zero attached hydrogens (tertiary/aromatic N) is 3. The van der Waals surface area contributed by atoms with E-state index in [0.29, 0.717) is 24.1 Å². The second-order valence-corrected chi connectivity index (χ2v) is 7.26. The molecule has 1 saturated heterocycles. The summed E-state index contributed by atoms with van der Waals surface area (Å²) in [5.74, 6) is -1.61. The largest absolute Gasteiger partial charge is 0.465 e. The Hall–Kier alpha value is -3.47. The fourth-order valence-electron chi connectivity index (χ4n) is 3.52. The maximum Gasteiger partial charge on any atom is 0.433 e. The van der Waals surface area contributed by atoms with Crippen LogP contribution in [-0.2, 0) is 15.7 Å². The number of pyridine rings is 1. The number of hydrogen-bond acceptors (Lipinski definition) is 6. The number of amides is 1. The number of alkyl halides is 3. The average Bonchev–Trinajstić information content (AvgIpc) is 3.21. The van der Waals surface area contributed by atoms with Gasteiger partial charge in [0, 0.05) is 24.8 Å². The molecular weight excluding hydrogens is 429 g/mol. The Balaban J connectivity index is 1.68. The van der Waals surface area contributed by atoms with Crippen LogP contribution in [0.3, 0.4) is 0 Å². The molecular formula is C21H19F3N4O4. The third-order valence-corrected chi connectivity index (χ3v) is 5.15. The van der Waals surface area contributed by atoms with E-state index < -0.39 is 29.4 Å². The topological polar surface area (TPSA) is 95.3 Å². The third kappa shape index (κ3) is 4.42. The van der Waals surface area contributed by atoms with E-state index in [4.69, 9.17) is 9.47 Å². The van der Waals surface area contributed by atoms with Gasteiger partial charge in [-0.3, -0.25) is 9.48 Å². The van der Waals surface area contributed by atoms with E-state index >= 15 is 0 Å². The first kappa shape index (κ1) is 21.8. The fraction of sp³-hybridized carbons (Fsp3) is 0.333. The Labute approximate surface area is 180 Å². The highest BCUT2D eigenvalue weighted by Crippen LogP contribution is 2.29. The van der Waals surface area contributed by atoms with Crippen LogP contribution < -0.4 is 5.32 Å². The zero-order chi connectivity index (χ0) is 22.9. The van der Waals surface area contributed by atoms with Crippen molar-refractivity contribution in [3.05, 3.63) is 53.5 Å². The van der Waals surface area contributed by atoms with E-state index in [9.17, 15) is 22.8 Å². The van der Waals surface area contributed by atoms with E-state index in [2.05, 4.69) is 15.4 Å². The molecule has 1 aromatic carbocycles. The fourth-order valence-corrected chi connectivity index (χ4v) is 3.52. The maximum absolute atomic E-state index is 12.9. The van der Waals surface area contributed by atoms with Crippen LogP contribution >= 0.6 is 0 Å². The van der Waals surface area contributed by atoms with E-state index in [0.717, 1.165) is 31.0 Å². The monoisotopic (exact) mass is 448 g/mol. The number of esters is 1. The van der Waals surface area contributed by atoms with Gasteiger partial charge < -0.3 is 14.8 Å². The number of rotatable bonds is 4. The Morgan fingerprint density at radius 2 is 1.97 bits per heavy atom. The average molecular weight is 448 g/mol. The van der Waals surface area contributed by atoms with Crippen molar-refractivity contribution < 1.29 is 32.2 Å². The zero-order valence-electron chi connectivity index (χ0n) is 17.0. The molecule has 1 aliphatic heterocycles. The molecule has 3 aromatic rings. The van der Waals surface area contributed by atoms with Crippen molar-refractivity contribution in [3.8, 4) is 0 Å². The molecule has 168 valence electrons. The second-order valence-electron chi connectivity index (χ2n) is 7.26. The molecule has 0 aliphatic carbocycles. The molecule has 0 radical (unpaired) electrons. The van der Waals surface area contributed by atoms with Crippen molar-refractivity contribution in [3.63, 3.8) is 0 Å². The predicted octanol–water partition coefficient (Wildman–Crippen LogP) is 3.84. The van der Waals surface area contributed by atoms with E-state index in [1.807, 2.05) is 0 Å². The van der Waals surface area contributed by atoms with Gasteiger partial charge in [-0.25, -0.2) is 9.78 Å². The molecule has 1 fully saturated rings. The number of halogens is 3. The van der Waals surface area contributed by atoms with Gasteiger partial charge in [0.2, 0.25) is 0 Å².